The van der Waals surface area contributed by atoms with Crippen molar-refractivity contribution in [3.63, 3.8) is 0 Å². The van der Waals surface area contributed by atoms with Gasteiger partial charge in [0.1, 0.15) is 5.82 Å². The molecule has 1 aliphatic rings. The summed E-state index contributed by atoms with van der Waals surface area (Å²) in [4.78, 5) is 19.0. The number of hydrogen-bond acceptors (Lipinski definition) is 3. The Morgan fingerprint density at radius 2 is 1.89 bits per heavy atom. The van der Waals surface area contributed by atoms with Gasteiger partial charge in [0.2, 0.25) is 5.91 Å². The first-order valence-electron chi connectivity index (χ1n) is 12.7. The number of aromatic nitrogens is 1. The number of likely N-dealkylation sites (tertiary alicyclic amines) is 1. The van der Waals surface area contributed by atoms with Crippen LogP contribution < -0.4 is 0 Å². The summed E-state index contributed by atoms with van der Waals surface area (Å²) in [7, 11) is 0. The van der Waals surface area contributed by atoms with Crippen LogP contribution in [0.1, 0.15) is 56.2 Å². The van der Waals surface area contributed by atoms with Gasteiger partial charge in [0, 0.05) is 37.0 Å². The fourth-order valence-corrected chi connectivity index (χ4v) is 5.45. The first-order chi connectivity index (χ1) is 17.0. The lowest BCUT2D eigenvalue weighted by Crippen LogP contribution is -2.48. The average Bonchev–Trinajstić information content (AvgIpc) is 2.89. The first kappa shape index (κ1) is 25.1. The number of benzene rings is 2. The predicted octanol–water partition coefficient (Wildman–Crippen LogP) is 5.92. The maximum absolute atomic E-state index is 15.4. The lowest BCUT2D eigenvalue weighted by molar-refractivity contribution is -0.136. The lowest BCUT2D eigenvalue weighted by Gasteiger charge is -2.43. The lowest BCUT2D eigenvalue weighted by atomic mass is 9.72. The molecule has 3 aromatic rings. The van der Waals surface area contributed by atoms with E-state index in [1.807, 2.05) is 54.3 Å². The molecule has 184 valence electrons. The zero-order chi connectivity index (χ0) is 24.8. The molecule has 4 nitrogen and oxygen atoms in total. The van der Waals surface area contributed by atoms with Crippen LogP contribution in [0.2, 0.25) is 0 Å². The Bertz CT molecular complexity index is 1150. The highest BCUT2D eigenvalue weighted by Gasteiger charge is 2.42. The first-order valence-corrected chi connectivity index (χ1v) is 12.7. The van der Waals surface area contributed by atoms with E-state index >= 15 is 4.39 Å². The molecule has 35 heavy (non-hydrogen) atoms. The van der Waals surface area contributed by atoms with Crippen LogP contribution in [0.4, 0.5) is 4.39 Å². The molecule has 1 aromatic heterocycles. The Hall–Kier alpha value is -3.05. The van der Waals surface area contributed by atoms with Crippen molar-refractivity contribution in [1.82, 2.24) is 9.88 Å². The van der Waals surface area contributed by atoms with E-state index in [0.717, 1.165) is 42.4 Å². The van der Waals surface area contributed by atoms with Crippen LogP contribution in [-0.2, 0) is 23.2 Å². The molecular formula is C30H35FN2O2. The van der Waals surface area contributed by atoms with Crippen molar-refractivity contribution < 1.29 is 14.3 Å². The number of amides is 1. The van der Waals surface area contributed by atoms with Gasteiger partial charge in [-0.2, -0.15) is 0 Å². The number of aryl methyl sites for hydroxylation is 1. The number of carbonyl (C=O) groups excluding carboxylic acids is 1. The number of nitrogens with zero attached hydrogens (tertiary/aromatic N) is 2. The van der Waals surface area contributed by atoms with Gasteiger partial charge >= 0.3 is 0 Å². The van der Waals surface area contributed by atoms with Crippen molar-refractivity contribution in [3.8, 4) is 11.1 Å². The van der Waals surface area contributed by atoms with E-state index in [0.29, 0.717) is 37.1 Å². The SMILES string of the molecule is CCCC(O)(c1cccc(F)c1-c1cccc(CC)c1)C1CCCN(C(=O)Cc2ccncc2)C1. The molecule has 0 radical (unpaired) electrons. The maximum Gasteiger partial charge on any atom is 0.227 e. The van der Waals surface area contributed by atoms with Gasteiger partial charge in [-0.15, -0.1) is 0 Å². The van der Waals surface area contributed by atoms with E-state index in [2.05, 4.69) is 11.9 Å². The minimum absolute atomic E-state index is 0.0508. The molecular weight excluding hydrogens is 439 g/mol. The number of hydrogen-bond donors (Lipinski definition) is 1. The summed E-state index contributed by atoms with van der Waals surface area (Å²) < 4.78 is 15.4. The van der Waals surface area contributed by atoms with Gasteiger partial charge in [-0.05, 0) is 66.1 Å². The molecule has 1 aliphatic heterocycles. The second kappa shape index (κ2) is 11.1. The zero-order valence-corrected chi connectivity index (χ0v) is 20.7. The number of carbonyl (C=O) groups is 1. The van der Waals surface area contributed by atoms with Gasteiger partial charge in [0.05, 0.1) is 12.0 Å². The summed E-state index contributed by atoms with van der Waals surface area (Å²) in [6.07, 6.45) is 7.43. The van der Waals surface area contributed by atoms with Gasteiger partial charge in [0.25, 0.3) is 0 Å². The van der Waals surface area contributed by atoms with Crippen molar-refractivity contribution >= 4 is 5.91 Å². The molecule has 1 fully saturated rings. The summed E-state index contributed by atoms with van der Waals surface area (Å²) in [5.74, 6) is -0.450. The van der Waals surface area contributed by atoms with Crippen molar-refractivity contribution in [2.75, 3.05) is 13.1 Å². The highest BCUT2D eigenvalue weighted by atomic mass is 19.1. The number of rotatable bonds is 8. The standard InChI is InChI=1S/C30H35FN2O2/c1-3-15-30(35,25-10-7-18-33(21-25)28(34)20-23-13-16-32-17-14-23)26-11-6-12-27(31)29(26)24-9-5-8-22(4-2)19-24/h5-6,8-9,11-14,16-17,19,25,35H,3-4,7,10,15,18,20-21H2,1-2H3. The summed E-state index contributed by atoms with van der Waals surface area (Å²) in [6.45, 7) is 5.26. The second-order valence-electron chi connectivity index (χ2n) is 9.60. The molecule has 0 saturated carbocycles. The van der Waals surface area contributed by atoms with E-state index in [1.165, 1.54) is 6.07 Å². The third-order valence-electron chi connectivity index (χ3n) is 7.29. The van der Waals surface area contributed by atoms with Gasteiger partial charge in [0.15, 0.2) is 0 Å². The number of aliphatic hydroxyl groups is 1. The summed E-state index contributed by atoms with van der Waals surface area (Å²) in [5.41, 5.74) is 2.71. The van der Waals surface area contributed by atoms with Gasteiger partial charge in [-0.25, -0.2) is 4.39 Å². The molecule has 5 heteroatoms. The third kappa shape index (κ3) is 5.46. The van der Waals surface area contributed by atoms with Crippen molar-refractivity contribution in [1.29, 1.82) is 0 Å². The van der Waals surface area contributed by atoms with E-state index < -0.39 is 5.60 Å². The molecule has 1 N–H and O–H groups in total. The van der Waals surface area contributed by atoms with Crippen LogP contribution in [0.3, 0.4) is 0 Å². The monoisotopic (exact) mass is 474 g/mol. The van der Waals surface area contributed by atoms with Crippen LogP contribution in [0.25, 0.3) is 11.1 Å². The van der Waals surface area contributed by atoms with E-state index in [9.17, 15) is 9.90 Å². The van der Waals surface area contributed by atoms with Crippen LogP contribution in [0, 0.1) is 11.7 Å². The van der Waals surface area contributed by atoms with Crippen LogP contribution in [0.5, 0.6) is 0 Å². The summed E-state index contributed by atoms with van der Waals surface area (Å²) >= 11 is 0. The molecule has 2 heterocycles. The largest absolute Gasteiger partial charge is 0.385 e. The Kier molecular flexibility index (Phi) is 7.97. The normalized spacial score (nSPS) is 17.7. The number of halogens is 1. The average molecular weight is 475 g/mol. The second-order valence-corrected chi connectivity index (χ2v) is 9.60. The van der Waals surface area contributed by atoms with Crippen LogP contribution in [-0.4, -0.2) is 34.0 Å². The molecule has 1 amide bonds. The highest BCUT2D eigenvalue weighted by molar-refractivity contribution is 5.79. The van der Waals surface area contributed by atoms with Crippen molar-refractivity contribution in [2.45, 2.75) is 58.0 Å². The number of piperidine rings is 1. The molecule has 2 unspecified atom stereocenters. The molecule has 0 spiro atoms. The minimum Gasteiger partial charge on any atom is -0.385 e. The smallest absolute Gasteiger partial charge is 0.227 e. The summed E-state index contributed by atoms with van der Waals surface area (Å²) in [5, 5.41) is 12.3. The van der Waals surface area contributed by atoms with Crippen LogP contribution >= 0.6 is 0 Å². The molecule has 4 rings (SSSR count). The Labute approximate surface area is 207 Å². The van der Waals surface area contributed by atoms with E-state index in [-0.39, 0.29) is 17.6 Å². The molecule has 0 bridgehead atoms. The quantitative estimate of drug-likeness (QED) is 0.441. The van der Waals surface area contributed by atoms with Crippen LogP contribution in [0.15, 0.2) is 67.0 Å². The Balaban J connectivity index is 1.68. The fourth-order valence-electron chi connectivity index (χ4n) is 5.45. The minimum atomic E-state index is -1.23. The predicted molar refractivity (Wildman–Crippen MR) is 137 cm³/mol. The zero-order valence-electron chi connectivity index (χ0n) is 20.7. The fraction of sp³-hybridized carbons (Fsp3) is 0.400. The van der Waals surface area contributed by atoms with Gasteiger partial charge in [-0.1, -0.05) is 56.7 Å². The molecule has 2 aromatic carbocycles. The van der Waals surface area contributed by atoms with Gasteiger partial charge < -0.3 is 10.0 Å². The van der Waals surface area contributed by atoms with E-state index in [1.54, 1.807) is 18.5 Å². The molecule has 1 saturated heterocycles. The third-order valence-corrected chi connectivity index (χ3v) is 7.29. The van der Waals surface area contributed by atoms with Gasteiger partial charge in [-0.3, -0.25) is 9.78 Å². The maximum atomic E-state index is 15.4. The highest BCUT2D eigenvalue weighted by Crippen LogP contribution is 2.44. The van der Waals surface area contributed by atoms with Crippen molar-refractivity contribution in [2.24, 2.45) is 5.92 Å². The topological polar surface area (TPSA) is 53.4 Å². The molecule has 0 aliphatic carbocycles. The molecule has 2 atom stereocenters. The Morgan fingerprint density at radius 1 is 1.11 bits per heavy atom. The Morgan fingerprint density at radius 3 is 2.63 bits per heavy atom. The summed E-state index contributed by atoms with van der Waals surface area (Å²) in [6, 6.07) is 16.7. The van der Waals surface area contributed by atoms with E-state index in [4.69, 9.17) is 0 Å². The van der Waals surface area contributed by atoms with Crippen molar-refractivity contribution in [3.05, 3.63) is 89.5 Å². The number of pyridine rings is 1.